The van der Waals surface area contributed by atoms with E-state index in [-0.39, 0.29) is 6.61 Å². The van der Waals surface area contributed by atoms with Gasteiger partial charge >= 0.3 is 0 Å². The van der Waals surface area contributed by atoms with Crippen LogP contribution in [0.4, 0.5) is 0 Å². The summed E-state index contributed by atoms with van der Waals surface area (Å²) in [5.41, 5.74) is 4.08. The van der Waals surface area contributed by atoms with Gasteiger partial charge in [-0.05, 0) is 22.3 Å². The third-order valence-corrected chi connectivity index (χ3v) is 6.88. The molecule has 0 spiro atoms. The van der Waals surface area contributed by atoms with E-state index >= 15 is 0 Å². The molecule has 0 bridgehead atoms. The summed E-state index contributed by atoms with van der Waals surface area (Å²) in [6.45, 7) is 1.13. The molecule has 5 rings (SSSR count). The van der Waals surface area contributed by atoms with Gasteiger partial charge in [0.1, 0.15) is 24.4 Å². The van der Waals surface area contributed by atoms with Gasteiger partial charge in [-0.25, -0.2) is 0 Å². The molecule has 1 heterocycles. The topological polar surface area (TPSA) is 66.4 Å². The Morgan fingerprint density at radius 1 is 0.450 bits per heavy atom. The maximum atomic E-state index is 10.4. The second-order valence-electron chi connectivity index (χ2n) is 9.81. The van der Waals surface area contributed by atoms with Crippen molar-refractivity contribution in [2.24, 2.45) is 0 Å². The van der Waals surface area contributed by atoms with E-state index in [1.807, 2.05) is 121 Å². The molecule has 0 aromatic heterocycles. The highest BCUT2D eigenvalue weighted by Gasteiger charge is 2.48. The third-order valence-electron chi connectivity index (χ3n) is 6.88. The van der Waals surface area contributed by atoms with Crippen molar-refractivity contribution < 1.29 is 28.8 Å². The van der Waals surface area contributed by atoms with Crippen LogP contribution in [0.1, 0.15) is 22.3 Å². The van der Waals surface area contributed by atoms with Gasteiger partial charge in [0.25, 0.3) is 0 Å². The van der Waals surface area contributed by atoms with Crippen molar-refractivity contribution in [3.63, 3.8) is 0 Å². The first-order valence-corrected chi connectivity index (χ1v) is 13.7. The summed E-state index contributed by atoms with van der Waals surface area (Å²) in [4.78, 5) is 0. The number of benzene rings is 4. The molecule has 40 heavy (non-hydrogen) atoms. The van der Waals surface area contributed by atoms with Crippen molar-refractivity contribution in [2.75, 3.05) is 6.61 Å². The molecule has 1 aliphatic heterocycles. The fourth-order valence-electron chi connectivity index (χ4n) is 4.78. The van der Waals surface area contributed by atoms with Gasteiger partial charge in [0.2, 0.25) is 0 Å². The van der Waals surface area contributed by atoms with Gasteiger partial charge in [-0.2, -0.15) is 0 Å². The second kappa shape index (κ2) is 14.9. The highest BCUT2D eigenvalue weighted by atomic mass is 16.7. The number of aliphatic hydroxyl groups is 1. The molecule has 0 amide bonds. The quantitative estimate of drug-likeness (QED) is 0.236. The van der Waals surface area contributed by atoms with Crippen molar-refractivity contribution in [1.82, 2.24) is 0 Å². The van der Waals surface area contributed by atoms with Crippen LogP contribution >= 0.6 is 0 Å². The van der Waals surface area contributed by atoms with Crippen molar-refractivity contribution >= 4 is 0 Å². The summed E-state index contributed by atoms with van der Waals surface area (Å²) in [5.74, 6) is 0. The van der Waals surface area contributed by atoms with E-state index in [4.69, 9.17) is 23.7 Å². The van der Waals surface area contributed by atoms with E-state index in [1.54, 1.807) is 0 Å². The van der Waals surface area contributed by atoms with E-state index in [0.29, 0.717) is 26.4 Å². The largest absolute Gasteiger partial charge is 0.394 e. The van der Waals surface area contributed by atoms with Crippen LogP contribution in [-0.2, 0) is 50.1 Å². The summed E-state index contributed by atoms with van der Waals surface area (Å²) in [5, 5.41) is 10.4. The molecular formula is C34H36O6. The number of hydrogen-bond donors (Lipinski definition) is 1. The van der Waals surface area contributed by atoms with Crippen LogP contribution in [0, 0.1) is 0 Å². The Bertz CT molecular complexity index is 1240. The predicted octanol–water partition coefficient (Wildman–Crippen LogP) is 5.68. The van der Waals surface area contributed by atoms with Gasteiger partial charge in [0, 0.05) is 0 Å². The number of ether oxygens (including phenoxy) is 5. The number of rotatable bonds is 13. The van der Waals surface area contributed by atoms with Crippen molar-refractivity contribution in [2.45, 2.75) is 57.1 Å². The van der Waals surface area contributed by atoms with Crippen LogP contribution in [0.3, 0.4) is 0 Å². The molecule has 6 heteroatoms. The van der Waals surface area contributed by atoms with Crippen LogP contribution in [0.2, 0.25) is 0 Å². The highest BCUT2D eigenvalue weighted by molar-refractivity contribution is 5.16. The summed E-state index contributed by atoms with van der Waals surface area (Å²) in [6, 6.07) is 39.8. The highest BCUT2D eigenvalue weighted by Crippen LogP contribution is 2.31. The van der Waals surface area contributed by atoms with Gasteiger partial charge in [0.05, 0.1) is 33.0 Å². The molecule has 6 nitrogen and oxygen atoms in total. The molecule has 5 atom stereocenters. The van der Waals surface area contributed by atoms with Gasteiger partial charge in [-0.1, -0.05) is 121 Å². The van der Waals surface area contributed by atoms with Crippen molar-refractivity contribution in [1.29, 1.82) is 0 Å². The first-order valence-electron chi connectivity index (χ1n) is 13.7. The molecule has 1 saturated heterocycles. The maximum Gasteiger partial charge on any atom is 0.187 e. The van der Waals surface area contributed by atoms with Crippen molar-refractivity contribution in [3.8, 4) is 0 Å². The monoisotopic (exact) mass is 540 g/mol. The lowest BCUT2D eigenvalue weighted by molar-refractivity contribution is -0.329. The SMILES string of the molecule is OCC1O[C@@H](OCc2ccccc2)[C@@H](OCc2ccccc2)[C@@H](OCc2ccccc2)[C@H]1OCc1ccccc1. The standard InChI is InChI=1S/C34H36O6/c35-21-30-31(36-22-26-13-5-1-6-14-26)32(37-23-27-15-7-2-8-16-27)33(38-24-28-17-9-3-10-18-28)34(40-30)39-25-29-19-11-4-12-20-29/h1-20,30-35H,21-25H2/t30?,31-,32-,33-,34+/m0/s1. The second-order valence-corrected chi connectivity index (χ2v) is 9.81. The Balaban J connectivity index is 1.41. The molecule has 208 valence electrons. The Labute approximate surface area is 236 Å². The minimum atomic E-state index is -0.779. The van der Waals surface area contributed by atoms with Gasteiger partial charge in [0.15, 0.2) is 6.29 Å². The Hall–Kier alpha value is -3.36. The molecule has 0 radical (unpaired) electrons. The Kier molecular flexibility index (Phi) is 10.5. The van der Waals surface area contributed by atoms with E-state index in [1.165, 1.54) is 0 Å². The van der Waals surface area contributed by atoms with E-state index < -0.39 is 30.7 Å². The zero-order valence-corrected chi connectivity index (χ0v) is 22.5. The minimum absolute atomic E-state index is 0.249. The van der Waals surface area contributed by atoms with Crippen LogP contribution in [0.25, 0.3) is 0 Å². The minimum Gasteiger partial charge on any atom is -0.394 e. The van der Waals surface area contributed by atoms with E-state index in [9.17, 15) is 5.11 Å². The van der Waals surface area contributed by atoms with Crippen LogP contribution in [-0.4, -0.2) is 42.4 Å². The van der Waals surface area contributed by atoms with E-state index in [2.05, 4.69) is 0 Å². The maximum absolute atomic E-state index is 10.4. The first-order chi connectivity index (χ1) is 19.8. The molecule has 1 aliphatic rings. The summed E-state index contributed by atoms with van der Waals surface area (Å²) in [7, 11) is 0. The normalized spacial score (nSPS) is 22.7. The molecule has 1 N–H and O–H groups in total. The Morgan fingerprint density at radius 2 is 0.800 bits per heavy atom. The zero-order chi connectivity index (χ0) is 27.4. The summed E-state index contributed by atoms with van der Waals surface area (Å²) >= 11 is 0. The third kappa shape index (κ3) is 7.86. The van der Waals surface area contributed by atoms with Gasteiger partial charge in [-0.3, -0.25) is 0 Å². The number of aliphatic hydroxyl groups excluding tert-OH is 1. The average Bonchev–Trinajstić information content (AvgIpc) is 3.03. The molecule has 4 aromatic carbocycles. The molecule has 1 fully saturated rings. The lowest BCUT2D eigenvalue weighted by Crippen LogP contribution is -2.61. The van der Waals surface area contributed by atoms with Crippen LogP contribution < -0.4 is 0 Å². The predicted molar refractivity (Wildman–Crippen MR) is 152 cm³/mol. The zero-order valence-electron chi connectivity index (χ0n) is 22.5. The van der Waals surface area contributed by atoms with Crippen molar-refractivity contribution in [3.05, 3.63) is 144 Å². The van der Waals surface area contributed by atoms with Gasteiger partial charge < -0.3 is 28.8 Å². The van der Waals surface area contributed by atoms with Gasteiger partial charge in [-0.15, -0.1) is 0 Å². The molecular weight excluding hydrogens is 504 g/mol. The molecule has 1 unspecified atom stereocenters. The lowest BCUT2D eigenvalue weighted by Gasteiger charge is -2.45. The first kappa shape index (κ1) is 28.2. The molecule has 0 aliphatic carbocycles. The van der Waals surface area contributed by atoms with Crippen LogP contribution in [0.5, 0.6) is 0 Å². The fraction of sp³-hybridized carbons (Fsp3) is 0.294. The number of hydrogen-bond acceptors (Lipinski definition) is 6. The van der Waals surface area contributed by atoms with Crippen LogP contribution in [0.15, 0.2) is 121 Å². The molecule has 0 saturated carbocycles. The Morgan fingerprint density at radius 3 is 1.20 bits per heavy atom. The average molecular weight is 541 g/mol. The van der Waals surface area contributed by atoms with E-state index in [0.717, 1.165) is 22.3 Å². The lowest BCUT2D eigenvalue weighted by atomic mass is 9.97. The summed E-state index contributed by atoms with van der Waals surface area (Å²) < 4.78 is 32.1. The molecule has 4 aromatic rings. The summed E-state index contributed by atoms with van der Waals surface area (Å²) in [6.07, 6.45) is -3.22. The smallest absolute Gasteiger partial charge is 0.187 e. The fourth-order valence-corrected chi connectivity index (χ4v) is 4.78.